The van der Waals surface area contributed by atoms with Crippen molar-refractivity contribution in [1.82, 2.24) is 0 Å². The van der Waals surface area contributed by atoms with Crippen LogP contribution in [0.2, 0.25) is 5.02 Å². The molecule has 0 spiro atoms. The molecule has 40 heavy (non-hydrogen) atoms. The molecular formula is C28H25ClF7NO3. The number of alkyl halides is 7. The fraction of sp³-hybridized carbons (Fsp3) is 0.357. The van der Waals surface area contributed by atoms with Crippen LogP contribution in [0, 0.1) is 0 Å². The first kappa shape index (κ1) is 29.8. The molecule has 4 nitrogen and oxygen atoms in total. The smallest absolute Gasteiger partial charge is 0.457 e. The number of aliphatic hydroxyl groups excluding tert-OH is 1. The Morgan fingerprint density at radius 3 is 2.40 bits per heavy atom. The highest BCUT2D eigenvalue weighted by Gasteiger charge is 2.44. The lowest BCUT2D eigenvalue weighted by Crippen LogP contribution is -2.44. The summed E-state index contributed by atoms with van der Waals surface area (Å²) < 4.78 is 103. The number of fused-ring (bicyclic) bond motifs is 1. The van der Waals surface area contributed by atoms with Gasteiger partial charge in [0.25, 0.3) is 0 Å². The fourth-order valence-corrected chi connectivity index (χ4v) is 4.89. The maximum Gasteiger partial charge on any atom is 0.461 e. The number of anilines is 1. The largest absolute Gasteiger partial charge is 0.461 e. The van der Waals surface area contributed by atoms with Crippen molar-refractivity contribution in [3.63, 3.8) is 0 Å². The Morgan fingerprint density at radius 1 is 1.00 bits per heavy atom. The van der Waals surface area contributed by atoms with E-state index in [1.165, 1.54) is 17.0 Å². The molecule has 2 unspecified atom stereocenters. The maximum absolute atomic E-state index is 13.5. The number of hydrogen-bond acceptors (Lipinski definition) is 4. The van der Waals surface area contributed by atoms with Gasteiger partial charge >= 0.3 is 18.7 Å². The van der Waals surface area contributed by atoms with Gasteiger partial charge in [-0.1, -0.05) is 36.7 Å². The SMILES string of the molecule is CCc1cc(Oc2cccc3c2CCC(c2cccc(OC(F)(F)C(F)F)c2)N3CC(O)C(F)(F)F)ccc1Cl. The zero-order chi connectivity index (χ0) is 29.2. The highest BCUT2D eigenvalue weighted by atomic mass is 35.5. The normalized spacial score (nSPS) is 16.6. The molecule has 0 aliphatic carbocycles. The monoisotopic (exact) mass is 591 g/mol. The number of hydrogen-bond donors (Lipinski definition) is 1. The summed E-state index contributed by atoms with van der Waals surface area (Å²) in [6, 6.07) is 14.0. The van der Waals surface area contributed by atoms with Crippen LogP contribution < -0.4 is 14.4 Å². The molecule has 0 bridgehead atoms. The van der Waals surface area contributed by atoms with Gasteiger partial charge in [0.15, 0.2) is 6.10 Å². The van der Waals surface area contributed by atoms with E-state index in [-0.39, 0.29) is 12.0 Å². The van der Waals surface area contributed by atoms with E-state index >= 15 is 0 Å². The molecule has 1 aliphatic rings. The van der Waals surface area contributed by atoms with Gasteiger partial charge in [0.05, 0.1) is 12.6 Å². The number of aliphatic hydroxyl groups is 1. The van der Waals surface area contributed by atoms with Crippen molar-refractivity contribution in [2.75, 3.05) is 11.4 Å². The third kappa shape index (κ3) is 6.58. The van der Waals surface area contributed by atoms with Crippen molar-refractivity contribution in [2.45, 2.75) is 57.0 Å². The quantitative estimate of drug-likeness (QED) is 0.254. The van der Waals surface area contributed by atoms with E-state index in [4.69, 9.17) is 16.3 Å². The highest BCUT2D eigenvalue weighted by Crippen LogP contribution is 2.45. The van der Waals surface area contributed by atoms with Crippen LogP contribution in [0.3, 0.4) is 0 Å². The molecular weight excluding hydrogens is 567 g/mol. The Hall–Kier alpha value is -3.18. The van der Waals surface area contributed by atoms with Gasteiger partial charge in [-0.3, -0.25) is 0 Å². The summed E-state index contributed by atoms with van der Waals surface area (Å²) in [5, 5.41) is 10.5. The Labute approximate surface area is 230 Å². The van der Waals surface area contributed by atoms with E-state index in [9.17, 15) is 35.8 Å². The van der Waals surface area contributed by atoms with Crippen LogP contribution in [0.5, 0.6) is 17.2 Å². The zero-order valence-corrected chi connectivity index (χ0v) is 21.8. The minimum atomic E-state index is -4.93. The van der Waals surface area contributed by atoms with Gasteiger partial charge in [0.1, 0.15) is 17.2 Å². The second-order valence-corrected chi connectivity index (χ2v) is 9.67. The lowest BCUT2D eigenvalue weighted by Gasteiger charge is -2.41. The zero-order valence-electron chi connectivity index (χ0n) is 21.1. The average molecular weight is 592 g/mol. The van der Waals surface area contributed by atoms with Crippen molar-refractivity contribution in [3.05, 3.63) is 82.4 Å². The van der Waals surface area contributed by atoms with E-state index < -0.39 is 43.2 Å². The molecule has 12 heteroatoms. The van der Waals surface area contributed by atoms with Gasteiger partial charge in [0.2, 0.25) is 0 Å². The molecule has 3 aromatic carbocycles. The van der Waals surface area contributed by atoms with Crippen LogP contribution in [-0.4, -0.2) is 36.5 Å². The predicted octanol–water partition coefficient (Wildman–Crippen LogP) is 8.35. The fourth-order valence-electron chi connectivity index (χ4n) is 4.64. The summed E-state index contributed by atoms with van der Waals surface area (Å²) in [6.45, 7) is 1.05. The van der Waals surface area contributed by atoms with Gasteiger partial charge in [-0.15, -0.1) is 0 Å². The number of halogens is 8. The molecule has 1 N–H and O–H groups in total. The number of benzene rings is 3. The number of rotatable bonds is 9. The predicted molar refractivity (Wildman–Crippen MR) is 136 cm³/mol. The van der Waals surface area contributed by atoms with Crippen LogP contribution >= 0.6 is 11.6 Å². The topological polar surface area (TPSA) is 41.9 Å². The molecule has 1 heterocycles. The molecule has 4 rings (SSSR count). The maximum atomic E-state index is 13.5. The first-order valence-electron chi connectivity index (χ1n) is 12.3. The van der Waals surface area contributed by atoms with Crippen molar-refractivity contribution in [1.29, 1.82) is 0 Å². The second-order valence-electron chi connectivity index (χ2n) is 9.26. The molecule has 0 fully saturated rings. The van der Waals surface area contributed by atoms with Crippen molar-refractivity contribution >= 4 is 17.3 Å². The summed E-state index contributed by atoms with van der Waals surface area (Å²) in [5.41, 5.74) is 2.02. The van der Waals surface area contributed by atoms with Gasteiger partial charge in [0, 0.05) is 16.3 Å². The third-order valence-corrected chi connectivity index (χ3v) is 6.95. The molecule has 0 radical (unpaired) electrons. The first-order chi connectivity index (χ1) is 18.8. The lowest BCUT2D eigenvalue weighted by atomic mass is 9.90. The molecule has 3 aromatic rings. The lowest BCUT2D eigenvalue weighted by molar-refractivity contribution is -0.253. The van der Waals surface area contributed by atoms with Gasteiger partial charge in [-0.05, 0) is 72.9 Å². The third-order valence-electron chi connectivity index (χ3n) is 6.59. The molecule has 0 amide bonds. The summed E-state index contributed by atoms with van der Waals surface area (Å²) in [5.74, 6) is 0.292. The molecule has 0 saturated carbocycles. The van der Waals surface area contributed by atoms with Crippen molar-refractivity contribution in [2.24, 2.45) is 0 Å². The van der Waals surface area contributed by atoms with Crippen LogP contribution in [0.4, 0.5) is 36.4 Å². The second kappa shape index (κ2) is 11.7. The summed E-state index contributed by atoms with van der Waals surface area (Å²) in [4.78, 5) is 1.31. The van der Waals surface area contributed by atoms with Crippen LogP contribution in [0.1, 0.15) is 36.1 Å². The molecule has 2 atom stereocenters. The van der Waals surface area contributed by atoms with E-state index in [0.717, 1.165) is 17.7 Å². The Balaban J connectivity index is 1.72. The number of aryl methyl sites for hydroxylation is 1. The standard InChI is InChI=1S/C28H25ClF7NO3/c1-2-16-13-18(9-11-21(16)29)39-24-8-4-7-23-20(24)10-12-22(37(23)15-25(38)27(32,33)34)17-5-3-6-19(14-17)40-28(35,36)26(30)31/h3-9,11,13-14,22,25-26,38H,2,10,12,15H2,1H3. The van der Waals surface area contributed by atoms with Crippen molar-refractivity contribution in [3.8, 4) is 17.2 Å². The first-order valence-corrected chi connectivity index (χ1v) is 12.7. The van der Waals surface area contributed by atoms with Gasteiger partial charge in [-0.25, -0.2) is 0 Å². The minimum Gasteiger partial charge on any atom is -0.457 e. The van der Waals surface area contributed by atoms with Crippen molar-refractivity contribution < 1.29 is 45.3 Å². The molecule has 0 saturated heterocycles. The Morgan fingerprint density at radius 2 is 1.73 bits per heavy atom. The molecule has 216 valence electrons. The number of nitrogens with zero attached hydrogens (tertiary/aromatic N) is 1. The van der Waals surface area contributed by atoms with E-state index in [1.807, 2.05) is 6.92 Å². The number of ether oxygens (including phenoxy) is 2. The van der Waals surface area contributed by atoms with Gasteiger partial charge in [-0.2, -0.15) is 30.7 Å². The molecule has 1 aliphatic heterocycles. The van der Waals surface area contributed by atoms with Crippen LogP contribution in [0.15, 0.2) is 60.7 Å². The Kier molecular flexibility index (Phi) is 8.75. The summed E-state index contributed by atoms with van der Waals surface area (Å²) in [7, 11) is 0. The summed E-state index contributed by atoms with van der Waals surface area (Å²) >= 11 is 6.19. The van der Waals surface area contributed by atoms with E-state index in [2.05, 4.69) is 4.74 Å². The van der Waals surface area contributed by atoms with E-state index in [1.54, 1.807) is 36.4 Å². The minimum absolute atomic E-state index is 0.202. The van der Waals surface area contributed by atoms with Gasteiger partial charge < -0.3 is 19.5 Å². The highest BCUT2D eigenvalue weighted by molar-refractivity contribution is 6.31. The van der Waals surface area contributed by atoms with E-state index in [0.29, 0.717) is 40.6 Å². The average Bonchev–Trinajstić information content (AvgIpc) is 2.89. The Bertz CT molecular complexity index is 1340. The summed E-state index contributed by atoms with van der Waals surface area (Å²) in [6.07, 6.45) is -15.3. The number of β-amino-alcohol motifs (C(OH)–C–C–N with tert-alkyl or cyclic N) is 1. The van der Waals surface area contributed by atoms with Crippen LogP contribution in [0.25, 0.3) is 0 Å². The molecule has 0 aromatic heterocycles. The van der Waals surface area contributed by atoms with Crippen LogP contribution in [-0.2, 0) is 12.8 Å².